The second-order valence-corrected chi connectivity index (χ2v) is 7.94. The zero-order valence-corrected chi connectivity index (χ0v) is 13.1. The predicted molar refractivity (Wildman–Crippen MR) is 82.9 cm³/mol. The number of benzene rings is 1. The van der Waals surface area contributed by atoms with Crippen LogP contribution in [0.3, 0.4) is 0 Å². The van der Waals surface area contributed by atoms with Crippen LogP contribution in [-0.2, 0) is 10.2 Å². The van der Waals surface area contributed by atoms with Gasteiger partial charge in [-0.1, -0.05) is 45.0 Å². The lowest BCUT2D eigenvalue weighted by Crippen LogP contribution is -2.33. The SMILES string of the molecule is CC(C)(C)c1ccc(C2NC3(CC3)C(=O)N2C2CC2)cc1. The normalized spacial score (nSPS) is 27.5. The van der Waals surface area contributed by atoms with E-state index in [0.717, 1.165) is 12.8 Å². The molecule has 1 aliphatic heterocycles. The smallest absolute Gasteiger partial charge is 0.244 e. The molecule has 2 saturated carbocycles. The summed E-state index contributed by atoms with van der Waals surface area (Å²) in [5.41, 5.74) is 2.53. The molecule has 1 aromatic carbocycles. The first-order valence-corrected chi connectivity index (χ1v) is 8.12. The molecule has 1 aromatic rings. The van der Waals surface area contributed by atoms with Gasteiger partial charge in [0.1, 0.15) is 11.7 Å². The van der Waals surface area contributed by atoms with Crippen molar-refractivity contribution in [1.82, 2.24) is 10.2 Å². The van der Waals surface area contributed by atoms with Gasteiger partial charge in [-0.2, -0.15) is 0 Å². The molecule has 21 heavy (non-hydrogen) atoms. The maximum atomic E-state index is 12.6. The summed E-state index contributed by atoms with van der Waals surface area (Å²) in [4.78, 5) is 14.8. The average molecular weight is 284 g/mol. The van der Waals surface area contributed by atoms with Gasteiger partial charge in [-0.15, -0.1) is 0 Å². The Bertz CT molecular complexity index is 576. The molecule has 0 radical (unpaired) electrons. The minimum Gasteiger partial charge on any atom is -0.318 e. The van der Waals surface area contributed by atoms with Crippen molar-refractivity contribution in [2.45, 2.75) is 69.6 Å². The molecule has 112 valence electrons. The highest BCUT2D eigenvalue weighted by molar-refractivity contribution is 5.92. The second kappa shape index (κ2) is 4.10. The number of nitrogens with one attached hydrogen (secondary N) is 1. The van der Waals surface area contributed by atoms with Crippen LogP contribution in [0.4, 0.5) is 0 Å². The molecular formula is C18H24N2O. The summed E-state index contributed by atoms with van der Waals surface area (Å²) in [5, 5.41) is 3.61. The van der Waals surface area contributed by atoms with Gasteiger partial charge in [0.25, 0.3) is 0 Å². The van der Waals surface area contributed by atoms with Gasteiger partial charge in [-0.05, 0) is 42.2 Å². The van der Waals surface area contributed by atoms with E-state index in [2.05, 4.69) is 55.3 Å². The number of hydrogen-bond acceptors (Lipinski definition) is 2. The van der Waals surface area contributed by atoms with Gasteiger partial charge < -0.3 is 4.90 Å². The predicted octanol–water partition coefficient (Wildman–Crippen LogP) is 3.11. The van der Waals surface area contributed by atoms with Crippen molar-refractivity contribution < 1.29 is 4.79 Å². The fourth-order valence-electron chi connectivity index (χ4n) is 3.38. The zero-order valence-electron chi connectivity index (χ0n) is 13.1. The molecule has 1 N–H and O–H groups in total. The van der Waals surface area contributed by atoms with Crippen molar-refractivity contribution in [1.29, 1.82) is 0 Å². The van der Waals surface area contributed by atoms with E-state index in [0.29, 0.717) is 11.9 Å². The number of rotatable bonds is 2. The first-order valence-electron chi connectivity index (χ1n) is 8.12. The Morgan fingerprint density at radius 2 is 1.76 bits per heavy atom. The van der Waals surface area contributed by atoms with Gasteiger partial charge in [0.05, 0.1) is 0 Å². The number of nitrogens with zero attached hydrogens (tertiary/aromatic N) is 1. The first-order chi connectivity index (χ1) is 9.91. The quantitative estimate of drug-likeness (QED) is 0.905. The van der Waals surface area contributed by atoms with Crippen molar-refractivity contribution in [3.05, 3.63) is 35.4 Å². The molecule has 1 heterocycles. The maximum absolute atomic E-state index is 12.6. The van der Waals surface area contributed by atoms with Crippen LogP contribution in [0.1, 0.15) is 63.7 Å². The Morgan fingerprint density at radius 1 is 1.14 bits per heavy atom. The Hall–Kier alpha value is -1.35. The fraction of sp³-hybridized carbons (Fsp3) is 0.611. The number of hydrogen-bond donors (Lipinski definition) is 1. The number of carbonyl (C=O) groups excluding carboxylic acids is 1. The van der Waals surface area contributed by atoms with Crippen molar-refractivity contribution >= 4 is 5.91 Å². The van der Waals surface area contributed by atoms with Gasteiger partial charge in [0.15, 0.2) is 0 Å². The molecule has 3 heteroatoms. The molecule has 3 aliphatic rings. The van der Waals surface area contributed by atoms with Crippen molar-refractivity contribution in [3.8, 4) is 0 Å². The standard InChI is InChI=1S/C18H24N2O/c1-17(2,3)13-6-4-12(5-7-13)15-19-18(10-11-18)16(21)20(15)14-8-9-14/h4-7,14-15,19H,8-11H2,1-3H3. The first kappa shape index (κ1) is 13.3. The Balaban J connectivity index is 1.64. The molecule has 0 aromatic heterocycles. The van der Waals surface area contributed by atoms with Crippen LogP contribution >= 0.6 is 0 Å². The van der Waals surface area contributed by atoms with Gasteiger partial charge in [-0.3, -0.25) is 10.1 Å². The maximum Gasteiger partial charge on any atom is 0.244 e. The third-order valence-corrected chi connectivity index (χ3v) is 5.12. The highest BCUT2D eigenvalue weighted by Gasteiger charge is 2.61. The van der Waals surface area contributed by atoms with E-state index in [9.17, 15) is 4.79 Å². The van der Waals surface area contributed by atoms with E-state index >= 15 is 0 Å². The van der Waals surface area contributed by atoms with Gasteiger partial charge in [0.2, 0.25) is 5.91 Å². The third-order valence-electron chi connectivity index (χ3n) is 5.12. The number of carbonyl (C=O) groups is 1. The molecule has 1 unspecified atom stereocenters. The fourth-order valence-corrected chi connectivity index (χ4v) is 3.38. The Morgan fingerprint density at radius 3 is 2.24 bits per heavy atom. The van der Waals surface area contributed by atoms with E-state index in [1.807, 2.05) is 0 Å². The van der Waals surface area contributed by atoms with Crippen LogP contribution in [0, 0.1) is 0 Å². The van der Waals surface area contributed by atoms with E-state index in [1.54, 1.807) is 0 Å². The van der Waals surface area contributed by atoms with E-state index in [-0.39, 0.29) is 17.1 Å². The lowest BCUT2D eigenvalue weighted by atomic mass is 9.86. The van der Waals surface area contributed by atoms with Crippen LogP contribution < -0.4 is 5.32 Å². The molecule has 3 nitrogen and oxygen atoms in total. The van der Waals surface area contributed by atoms with E-state index < -0.39 is 0 Å². The highest BCUT2D eigenvalue weighted by Crippen LogP contribution is 2.49. The highest BCUT2D eigenvalue weighted by atomic mass is 16.2. The van der Waals surface area contributed by atoms with Crippen molar-refractivity contribution in [3.63, 3.8) is 0 Å². The molecule has 3 fully saturated rings. The summed E-state index contributed by atoms with van der Waals surface area (Å²) in [5.74, 6) is 0.342. The van der Waals surface area contributed by atoms with Crippen LogP contribution in [0.15, 0.2) is 24.3 Å². The van der Waals surface area contributed by atoms with Gasteiger partial charge in [-0.25, -0.2) is 0 Å². The average Bonchev–Trinajstić information content (AvgIpc) is 3.31. The molecule has 2 aliphatic carbocycles. The van der Waals surface area contributed by atoms with Crippen LogP contribution in [0.25, 0.3) is 0 Å². The van der Waals surface area contributed by atoms with Gasteiger partial charge in [0, 0.05) is 6.04 Å². The molecule has 1 atom stereocenters. The minimum atomic E-state index is -0.212. The molecular weight excluding hydrogens is 260 g/mol. The largest absolute Gasteiger partial charge is 0.318 e. The van der Waals surface area contributed by atoms with Crippen molar-refractivity contribution in [2.24, 2.45) is 0 Å². The topological polar surface area (TPSA) is 32.3 Å². The summed E-state index contributed by atoms with van der Waals surface area (Å²) >= 11 is 0. The van der Waals surface area contributed by atoms with Gasteiger partial charge >= 0.3 is 0 Å². The molecule has 1 saturated heterocycles. The summed E-state index contributed by atoms with van der Waals surface area (Å²) in [6.45, 7) is 6.69. The minimum absolute atomic E-state index is 0.0847. The van der Waals surface area contributed by atoms with E-state index in [4.69, 9.17) is 0 Å². The Kier molecular flexibility index (Phi) is 2.60. The monoisotopic (exact) mass is 284 g/mol. The number of amides is 1. The lowest BCUT2D eigenvalue weighted by molar-refractivity contribution is -0.131. The zero-order chi connectivity index (χ0) is 14.8. The molecule has 0 bridgehead atoms. The molecule has 1 spiro atoms. The summed E-state index contributed by atoms with van der Waals surface area (Å²) in [6.07, 6.45) is 4.43. The van der Waals surface area contributed by atoms with Crippen LogP contribution in [0.5, 0.6) is 0 Å². The van der Waals surface area contributed by atoms with E-state index in [1.165, 1.54) is 24.0 Å². The third kappa shape index (κ3) is 2.10. The molecule has 1 amide bonds. The Labute approximate surface area is 126 Å². The van der Waals surface area contributed by atoms with Crippen LogP contribution in [-0.4, -0.2) is 22.4 Å². The second-order valence-electron chi connectivity index (χ2n) is 7.94. The summed E-state index contributed by atoms with van der Waals surface area (Å²) in [7, 11) is 0. The lowest BCUT2D eigenvalue weighted by Gasteiger charge is -2.25. The summed E-state index contributed by atoms with van der Waals surface area (Å²) in [6, 6.07) is 9.29. The molecule has 4 rings (SSSR count). The van der Waals surface area contributed by atoms with Crippen molar-refractivity contribution in [2.75, 3.05) is 0 Å². The van der Waals surface area contributed by atoms with Crippen LogP contribution in [0.2, 0.25) is 0 Å². The summed E-state index contributed by atoms with van der Waals surface area (Å²) < 4.78 is 0.